The Labute approximate surface area is 562 Å². The number of hydrogen-bond acceptors (Lipinski definition) is 15. The fourth-order valence-electron chi connectivity index (χ4n) is 11.2. The van der Waals surface area contributed by atoms with Crippen LogP contribution in [0.5, 0.6) is 0 Å². The second-order valence-electron chi connectivity index (χ2n) is 26.8. The summed E-state index contributed by atoms with van der Waals surface area (Å²) in [6.45, 7) is 7.29. The number of ether oxygens (including phenoxy) is 4. The lowest BCUT2D eigenvalue weighted by molar-refractivity contribution is -0.161. The van der Waals surface area contributed by atoms with Gasteiger partial charge in [0.05, 0.1) is 26.4 Å². The van der Waals surface area contributed by atoms with E-state index < -0.39 is 97.5 Å². The summed E-state index contributed by atoms with van der Waals surface area (Å²) in [6, 6.07) is 0. The minimum Gasteiger partial charge on any atom is -0.462 e. The SMILES string of the molecule is CCCCCCCCCCCCCCCC(=O)OC[C@H](COP(=O)(O)OC[C@@H](O)COP(=O)(O)OC[C@@H](COC(=O)CCCCCCCCCCCC)OC(=O)CCCCCCCCCCCCCCC)OC(=O)CCCCCCCCCCCCCCCC(C)C. The molecule has 3 N–H and O–H groups in total. The molecule has 0 bridgehead atoms. The van der Waals surface area contributed by atoms with Gasteiger partial charge in [0.1, 0.15) is 19.3 Å². The molecule has 0 aromatic carbocycles. The van der Waals surface area contributed by atoms with Gasteiger partial charge in [-0.2, -0.15) is 0 Å². The van der Waals surface area contributed by atoms with Crippen molar-refractivity contribution in [3.8, 4) is 0 Å². The van der Waals surface area contributed by atoms with Crippen molar-refractivity contribution < 1.29 is 80.2 Å². The van der Waals surface area contributed by atoms with Gasteiger partial charge in [0, 0.05) is 25.7 Å². The molecule has 0 aliphatic rings. The summed E-state index contributed by atoms with van der Waals surface area (Å²) in [7, 11) is -9.90. The van der Waals surface area contributed by atoms with Crippen LogP contribution in [-0.4, -0.2) is 96.7 Å². The molecule has 0 aliphatic carbocycles. The van der Waals surface area contributed by atoms with Crippen LogP contribution in [0.1, 0.15) is 381 Å². The Hall–Kier alpha value is -1.94. The summed E-state index contributed by atoms with van der Waals surface area (Å²) in [6.07, 6.45) is 53.9. The molecule has 5 atom stereocenters. The van der Waals surface area contributed by atoms with E-state index in [0.717, 1.165) is 95.8 Å². The van der Waals surface area contributed by atoms with Crippen molar-refractivity contribution in [3.63, 3.8) is 0 Å². The van der Waals surface area contributed by atoms with E-state index in [0.29, 0.717) is 25.7 Å². The van der Waals surface area contributed by atoms with Crippen molar-refractivity contribution in [3.05, 3.63) is 0 Å². The second-order valence-corrected chi connectivity index (χ2v) is 29.7. The Morgan fingerprint density at radius 2 is 0.500 bits per heavy atom. The molecule has 92 heavy (non-hydrogen) atoms. The topological polar surface area (TPSA) is 237 Å². The van der Waals surface area contributed by atoms with E-state index in [1.807, 2.05) is 0 Å². The van der Waals surface area contributed by atoms with Gasteiger partial charge in [-0.15, -0.1) is 0 Å². The number of phosphoric ester groups is 2. The third-order valence-electron chi connectivity index (χ3n) is 17.0. The number of unbranched alkanes of at least 4 members (excludes halogenated alkanes) is 45. The van der Waals surface area contributed by atoms with Crippen LogP contribution < -0.4 is 0 Å². The average Bonchev–Trinajstić information content (AvgIpc) is 3.70. The molecule has 0 spiro atoms. The normalized spacial score (nSPS) is 14.0. The molecule has 2 unspecified atom stereocenters. The van der Waals surface area contributed by atoms with Crippen molar-refractivity contribution in [2.24, 2.45) is 5.92 Å². The van der Waals surface area contributed by atoms with E-state index in [9.17, 15) is 43.2 Å². The van der Waals surface area contributed by atoms with Crippen LogP contribution in [0.2, 0.25) is 0 Å². The fourth-order valence-corrected chi connectivity index (χ4v) is 12.8. The van der Waals surface area contributed by atoms with Crippen LogP contribution >= 0.6 is 15.6 Å². The molecular weight excluding hydrogens is 1210 g/mol. The Kier molecular flexibility index (Phi) is 64.9. The third kappa shape index (κ3) is 66.7. The largest absolute Gasteiger partial charge is 0.472 e. The third-order valence-corrected chi connectivity index (χ3v) is 18.9. The predicted molar refractivity (Wildman–Crippen MR) is 372 cm³/mol. The summed E-state index contributed by atoms with van der Waals surface area (Å²) < 4.78 is 68.4. The fraction of sp³-hybridized carbons (Fsp3) is 0.945. The highest BCUT2D eigenvalue weighted by molar-refractivity contribution is 7.47. The highest BCUT2D eigenvalue weighted by Gasteiger charge is 2.30. The average molecular weight is 1350 g/mol. The molecule has 0 radical (unpaired) electrons. The molecule has 0 aromatic rings. The number of phosphoric acid groups is 2. The molecule has 0 aromatic heterocycles. The Balaban J connectivity index is 5.24. The highest BCUT2D eigenvalue weighted by Crippen LogP contribution is 2.45. The van der Waals surface area contributed by atoms with Gasteiger partial charge in [-0.3, -0.25) is 37.3 Å². The van der Waals surface area contributed by atoms with E-state index in [1.54, 1.807) is 0 Å². The van der Waals surface area contributed by atoms with Crippen molar-refractivity contribution in [2.75, 3.05) is 39.6 Å². The van der Waals surface area contributed by atoms with E-state index in [4.69, 9.17) is 37.0 Å². The van der Waals surface area contributed by atoms with Crippen LogP contribution in [0.25, 0.3) is 0 Å². The number of aliphatic hydroxyl groups excluding tert-OH is 1. The summed E-state index contributed by atoms with van der Waals surface area (Å²) in [5, 5.41) is 10.6. The number of rotatable bonds is 73. The van der Waals surface area contributed by atoms with E-state index >= 15 is 0 Å². The highest BCUT2D eigenvalue weighted by atomic mass is 31.2. The number of carbonyl (C=O) groups is 4. The maximum atomic E-state index is 13.1. The van der Waals surface area contributed by atoms with Gasteiger partial charge in [-0.1, -0.05) is 330 Å². The molecule has 17 nitrogen and oxygen atoms in total. The molecular formula is C73H142O17P2. The summed E-state index contributed by atoms with van der Waals surface area (Å²) in [5.74, 6) is -1.33. The van der Waals surface area contributed by atoms with Crippen molar-refractivity contribution in [1.29, 1.82) is 0 Å². The first kappa shape index (κ1) is 90.1. The summed E-state index contributed by atoms with van der Waals surface area (Å²) in [4.78, 5) is 72.7. The molecule has 0 aliphatic heterocycles. The van der Waals surface area contributed by atoms with Gasteiger partial charge >= 0.3 is 39.5 Å². The molecule has 0 fully saturated rings. The van der Waals surface area contributed by atoms with E-state index in [2.05, 4.69) is 34.6 Å². The van der Waals surface area contributed by atoms with Crippen LogP contribution in [0, 0.1) is 5.92 Å². The van der Waals surface area contributed by atoms with Gasteiger partial charge in [0.2, 0.25) is 0 Å². The van der Waals surface area contributed by atoms with E-state index in [1.165, 1.54) is 205 Å². The van der Waals surface area contributed by atoms with Crippen molar-refractivity contribution >= 4 is 39.5 Å². The van der Waals surface area contributed by atoms with Gasteiger partial charge in [-0.05, 0) is 31.6 Å². The molecule has 0 rings (SSSR count). The molecule has 19 heteroatoms. The number of esters is 4. The number of aliphatic hydroxyl groups is 1. The quantitative estimate of drug-likeness (QED) is 0.0222. The predicted octanol–water partition coefficient (Wildman–Crippen LogP) is 21.3. The maximum Gasteiger partial charge on any atom is 0.472 e. The van der Waals surface area contributed by atoms with Crippen LogP contribution in [0.15, 0.2) is 0 Å². The van der Waals surface area contributed by atoms with Crippen LogP contribution in [0.4, 0.5) is 0 Å². The Morgan fingerprint density at radius 1 is 0.293 bits per heavy atom. The van der Waals surface area contributed by atoms with Gasteiger partial charge in [0.15, 0.2) is 12.2 Å². The van der Waals surface area contributed by atoms with Gasteiger partial charge in [0.25, 0.3) is 0 Å². The number of hydrogen-bond donors (Lipinski definition) is 3. The Bertz CT molecular complexity index is 1770. The van der Waals surface area contributed by atoms with Crippen LogP contribution in [0.3, 0.4) is 0 Å². The van der Waals surface area contributed by atoms with Gasteiger partial charge < -0.3 is 33.8 Å². The maximum absolute atomic E-state index is 13.1. The minimum atomic E-state index is -4.95. The lowest BCUT2D eigenvalue weighted by Gasteiger charge is -2.21. The molecule has 0 saturated heterocycles. The standard InChI is InChI=1S/C73H142O17P2/c1-6-9-12-15-18-21-24-27-32-37-42-47-52-57-71(76)84-63-69(90-73(78)59-54-49-44-39-34-30-26-29-31-35-40-45-50-55-66(4)5)65-88-92(81,82)86-61-67(74)60-85-91(79,80)87-64-68(62-83-70(75)56-51-46-41-36-23-20-17-14-11-8-3)89-72(77)58-53-48-43-38-33-28-25-22-19-16-13-10-7-2/h66-69,74H,6-65H2,1-5H3,(H,79,80)(H,81,82)/t67-,68+,69+/m0/s1. The Morgan fingerprint density at radius 3 is 0.739 bits per heavy atom. The first-order valence-corrected chi connectivity index (χ1v) is 41.1. The molecule has 0 saturated carbocycles. The molecule has 0 amide bonds. The second kappa shape index (κ2) is 66.3. The lowest BCUT2D eigenvalue weighted by atomic mass is 10.0. The van der Waals surface area contributed by atoms with Gasteiger partial charge in [-0.25, -0.2) is 9.13 Å². The summed E-state index contributed by atoms with van der Waals surface area (Å²) in [5.41, 5.74) is 0. The minimum absolute atomic E-state index is 0.108. The zero-order chi connectivity index (χ0) is 67.7. The van der Waals surface area contributed by atoms with Crippen LogP contribution in [-0.2, 0) is 65.4 Å². The van der Waals surface area contributed by atoms with Crippen molar-refractivity contribution in [1.82, 2.24) is 0 Å². The lowest BCUT2D eigenvalue weighted by Crippen LogP contribution is -2.30. The monoisotopic (exact) mass is 1350 g/mol. The zero-order valence-electron chi connectivity index (χ0n) is 59.7. The smallest absolute Gasteiger partial charge is 0.462 e. The van der Waals surface area contributed by atoms with Crippen molar-refractivity contribution in [2.45, 2.75) is 400 Å². The first-order chi connectivity index (χ1) is 44.5. The number of carbonyl (C=O) groups excluding carboxylic acids is 4. The zero-order valence-corrected chi connectivity index (χ0v) is 61.5. The molecule has 546 valence electrons. The summed E-state index contributed by atoms with van der Waals surface area (Å²) >= 11 is 0. The van der Waals surface area contributed by atoms with E-state index in [-0.39, 0.29) is 25.7 Å². The molecule has 0 heterocycles. The first-order valence-electron chi connectivity index (χ1n) is 38.1.